The average Bonchev–Trinajstić information content (AvgIpc) is 2.49. The Hall–Kier alpha value is -1.74. The highest BCUT2D eigenvalue weighted by Crippen LogP contribution is 2.22. The molecule has 0 saturated carbocycles. The van der Waals surface area contributed by atoms with Crippen molar-refractivity contribution >= 4 is 51.6 Å². The predicted octanol–water partition coefficient (Wildman–Crippen LogP) is 3.13. The van der Waals surface area contributed by atoms with E-state index in [4.69, 9.17) is 17.0 Å². The lowest BCUT2D eigenvalue weighted by atomic mass is 10.1. The number of amides is 1. The fourth-order valence-corrected chi connectivity index (χ4v) is 2.39. The quantitative estimate of drug-likeness (QED) is 0.582. The molecule has 1 aromatic heterocycles. The van der Waals surface area contributed by atoms with Crippen molar-refractivity contribution in [3.8, 4) is 5.75 Å². The summed E-state index contributed by atoms with van der Waals surface area (Å²) in [7, 11) is 1.53. The van der Waals surface area contributed by atoms with Gasteiger partial charge in [-0.05, 0) is 65.5 Å². The van der Waals surface area contributed by atoms with Gasteiger partial charge in [-0.2, -0.15) is 0 Å². The van der Waals surface area contributed by atoms with Crippen molar-refractivity contribution in [2.45, 2.75) is 6.92 Å². The second-order valence-electron chi connectivity index (χ2n) is 4.43. The zero-order valence-corrected chi connectivity index (χ0v) is 15.0. The number of hydrogen-bond donors (Lipinski definition) is 2. The summed E-state index contributed by atoms with van der Waals surface area (Å²) in [4.78, 5) is 16.5. The number of benzene rings is 1. The van der Waals surface area contributed by atoms with Gasteiger partial charge in [0, 0.05) is 9.77 Å². The second kappa shape index (κ2) is 7.50. The molecule has 0 radical (unpaired) electrons. The number of aryl methyl sites for hydroxylation is 1. The summed E-state index contributed by atoms with van der Waals surface area (Å²) < 4.78 is 6.29. The number of carbonyl (C=O) groups is 1. The lowest BCUT2D eigenvalue weighted by molar-refractivity contribution is 0.0974. The van der Waals surface area contributed by atoms with Crippen LogP contribution in [0.2, 0.25) is 0 Å². The number of rotatable bonds is 3. The summed E-state index contributed by atoms with van der Waals surface area (Å²) in [6.45, 7) is 1.88. The Morgan fingerprint density at radius 3 is 2.73 bits per heavy atom. The van der Waals surface area contributed by atoms with Gasteiger partial charge in [0.2, 0.25) is 0 Å². The van der Waals surface area contributed by atoms with Crippen LogP contribution in [-0.4, -0.2) is 23.1 Å². The summed E-state index contributed by atoms with van der Waals surface area (Å²) in [5.74, 6) is 0.778. The molecule has 2 aromatic rings. The highest BCUT2D eigenvalue weighted by Gasteiger charge is 2.15. The number of thiocarbonyl (C=S) groups is 1. The minimum absolute atomic E-state index is 0.183. The van der Waals surface area contributed by atoms with Crippen LogP contribution in [0.1, 0.15) is 15.9 Å². The van der Waals surface area contributed by atoms with Crippen molar-refractivity contribution in [3.63, 3.8) is 0 Å². The monoisotopic (exact) mass is 427 g/mol. The molecule has 1 amide bonds. The van der Waals surface area contributed by atoms with Gasteiger partial charge in [-0.3, -0.25) is 10.1 Å². The van der Waals surface area contributed by atoms with Crippen LogP contribution < -0.4 is 15.4 Å². The molecule has 5 nitrogen and oxygen atoms in total. The normalized spacial score (nSPS) is 9.95. The summed E-state index contributed by atoms with van der Waals surface area (Å²) in [6.07, 6.45) is 1.71. The lowest BCUT2D eigenvalue weighted by Crippen LogP contribution is -2.34. The maximum absolute atomic E-state index is 12.3. The molecule has 0 atom stereocenters. The number of pyridine rings is 1. The van der Waals surface area contributed by atoms with E-state index < -0.39 is 0 Å². The number of carbonyl (C=O) groups excluding carboxylic acids is 1. The number of halogens is 1. The van der Waals surface area contributed by atoms with Crippen molar-refractivity contribution in [1.29, 1.82) is 0 Å². The van der Waals surface area contributed by atoms with E-state index in [1.807, 2.05) is 19.1 Å². The molecule has 2 N–H and O–H groups in total. The lowest BCUT2D eigenvalue weighted by Gasteiger charge is -2.12. The SMILES string of the molecule is COc1c(C)cccc1C(=O)NC(=S)Nc1ccc(I)cn1. The zero-order valence-electron chi connectivity index (χ0n) is 12.0. The number of nitrogens with one attached hydrogen (secondary N) is 2. The van der Waals surface area contributed by atoms with Gasteiger partial charge in [0.05, 0.1) is 12.7 Å². The van der Waals surface area contributed by atoms with E-state index in [-0.39, 0.29) is 11.0 Å². The summed E-state index contributed by atoms with van der Waals surface area (Å²) in [6, 6.07) is 9.04. The first-order valence-corrected chi connectivity index (χ1v) is 7.87. The van der Waals surface area contributed by atoms with Crippen molar-refractivity contribution < 1.29 is 9.53 Å². The van der Waals surface area contributed by atoms with Gasteiger partial charge in [-0.15, -0.1) is 0 Å². The predicted molar refractivity (Wildman–Crippen MR) is 98.4 cm³/mol. The van der Waals surface area contributed by atoms with Crippen LogP contribution in [0, 0.1) is 10.5 Å². The van der Waals surface area contributed by atoms with Gasteiger partial charge in [0.25, 0.3) is 5.91 Å². The standard InChI is InChI=1S/C15H14IN3O2S/c1-9-4-3-5-11(13(9)21-2)14(20)19-15(22)18-12-7-6-10(16)8-17-12/h3-8H,1-2H3,(H2,17,18,19,20,22). The van der Waals surface area contributed by atoms with Crippen LogP contribution in [0.4, 0.5) is 5.82 Å². The molecule has 22 heavy (non-hydrogen) atoms. The Morgan fingerprint density at radius 1 is 1.32 bits per heavy atom. The largest absolute Gasteiger partial charge is 0.496 e. The van der Waals surface area contributed by atoms with Crippen LogP contribution in [0.3, 0.4) is 0 Å². The second-order valence-corrected chi connectivity index (χ2v) is 6.08. The number of anilines is 1. The molecule has 0 aliphatic heterocycles. The molecule has 0 fully saturated rings. The number of hydrogen-bond acceptors (Lipinski definition) is 4. The first-order chi connectivity index (χ1) is 10.5. The van der Waals surface area contributed by atoms with Crippen LogP contribution in [-0.2, 0) is 0 Å². The van der Waals surface area contributed by atoms with E-state index in [0.717, 1.165) is 9.13 Å². The van der Waals surface area contributed by atoms with Crippen LogP contribution in [0.15, 0.2) is 36.5 Å². The van der Waals surface area contributed by atoms with Crippen molar-refractivity contribution in [2.24, 2.45) is 0 Å². The highest BCUT2D eigenvalue weighted by molar-refractivity contribution is 14.1. The Balaban J connectivity index is 2.07. The molecule has 2 rings (SSSR count). The first-order valence-electron chi connectivity index (χ1n) is 6.38. The molecule has 1 aromatic carbocycles. The average molecular weight is 427 g/mol. The molecule has 0 unspecified atom stereocenters. The van der Waals surface area contributed by atoms with E-state index in [1.165, 1.54) is 7.11 Å². The van der Waals surface area contributed by atoms with Crippen LogP contribution in [0.25, 0.3) is 0 Å². The van der Waals surface area contributed by atoms with Gasteiger partial charge in [0.1, 0.15) is 11.6 Å². The molecule has 0 bridgehead atoms. The Morgan fingerprint density at radius 2 is 2.09 bits per heavy atom. The van der Waals surface area contributed by atoms with E-state index in [9.17, 15) is 4.79 Å². The van der Waals surface area contributed by atoms with Crippen molar-refractivity contribution in [2.75, 3.05) is 12.4 Å². The summed E-state index contributed by atoms with van der Waals surface area (Å²) in [5, 5.41) is 5.67. The van der Waals surface area contributed by atoms with Crippen molar-refractivity contribution in [3.05, 3.63) is 51.2 Å². The van der Waals surface area contributed by atoms with Gasteiger partial charge >= 0.3 is 0 Å². The van der Waals surface area contributed by atoms with Crippen molar-refractivity contribution in [1.82, 2.24) is 10.3 Å². The number of para-hydroxylation sites is 1. The van der Waals surface area contributed by atoms with Gasteiger partial charge in [0.15, 0.2) is 5.11 Å². The third-order valence-electron chi connectivity index (χ3n) is 2.86. The molecule has 114 valence electrons. The van der Waals surface area contributed by atoms with Crippen LogP contribution >= 0.6 is 34.8 Å². The third kappa shape index (κ3) is 4.14. The molecular weight excluding hydrogens is 413 g/mol. The van der Waals surface area contributed by atoms with Gasteiger partial charge in [-0.25, -0.2) is 4.98 Å². The molecule has 1 heterocycles. The fourth-order valence-electron chi connectivity index (χ4n) is 1.87. The van der Waals surface area contributed by atoms with E-state index in [2.05, 4.69) is 38.2 Å². The smallest absolute Gasteiger partial charge is 0.261 e. The zero-order chi connectivity index (χ0) is 16.1. The highest BCUT2D eigenvalue weighted by atomic mass is 127. The topological polar surface area (TPSA) is 63.2 Å². The third-order valence-corrected chi connectivity index (χ3v) is 3.70. The minimum atomic E-state index is -0.330. The Labute approximate surface area is 147 Å². The molecule has 0 spiro atoms. The summed E-state index contributed by atoms with van der Waals surface area (Å²) >= 11 is 7.29. The molecule has 0 aliphatic carbocycles. The molecular formula is C15H14IN3O2S. The van der Waals surface area contributed by atoms with Crippen LogP contribution in [0.5, 0.6) is 5.75 Å². The number of ether oxygens (including phenoxy) is 1. The number of nitrogens with zero attached hydrogens (tertiary/aromatic N) is 1. The molecule has 0 aliphatic rings. The minimum Gasteiger partial charge on any atom is -0.496 e. The molecule has 0 saturated heterocycles. The van der Waals surface area contributed by atoms with E-state index in [0.29, 0.717) is 17.1 Å². The first kappa shape index (κ1) is 16.6. The van der Waals surface area contributed by atoms with E-state index in [1.54, 1.807) is 24.4 Å². The maximum atomic E-state index is 12.3. The maximum Gasteiger partial charge on any atom is 0.261 e. The number of aromatic nitrogens is 1. The number of methoxy groups -OCH3 is 1. The Bertz CT molecular complexity index is 704. The van der Waals surface area contributed by atoms with Gasteiger partial charge in [-0.1, -0.05) is 12.1 Å². The van der Waals surface area contributed by atoms with E-state index >= 15 is 0 Å². The Kier molecular flexibility index (Phi) is 5.67. The summed E-state index contributed by atoms with van der Waals surface area (Å²) in [5.41, 5.74) is 1.32. The molecule has 7 heteroatoms. The fraction of sp³-hybridized carbons (Fsp3) is 0.133. The van der Waals surface area contributed by atoms with Gasteiger partial charge < -0.3 is 10.1 Å².